The van der Waals surface area contributed by atoms with E-state index in [1.54, 1.807) is 24.3 Å². The molecule has 1 unspecified atom stereocenters. The maximum Gasteiger partial charge on any atom is 0.240 e. The van der Waals surface area contributed by atoms with Crippen LogP contribution in [0, 0.1) is 6.92 Å². The van der Waals surface area contributed by atoms with Gasteiger partial charge in [0.1, 0.15) is 0 Å². The monoisotopic (exact) mass is 457 g/mol. The Balaban J connectivity index is 2.37. The van der Waals surface area contributed by atoms with Crippen LogP contribution in [0.5, 0.6) is 0 Å². The van der Waals surface area contributed by atoms with Gasteiger partial charge in [-0.1, -0.05) is 59.2 Å². The van der Waals surface area contributed by atoms with Crippen LogP contribution >= 0.6 is 0 Å². The number of ether oxygens (including phenoxy) is 1. The molecule has 1 fully saturated rings. The van der Waals surface area contributed by atoms with Crippen LogP contribution in [0.4, 0.5) is 0 Å². The van der Waals surface area contributed by atoms with Gasteiger partial charge in [-0.05, 0) is 42.1 Å². The van der Waals surface area contributed by atoms with E-state index in [1.165, 1.54) is 0 Å². The lowest BCUT2D eigenvalue weighted by Gasteiger charge is -2.46. The topological polar surface area (TPSA) is 84.9 Å². The van der Waals surface area contributed by atoms with Crippen LogP contribution in [0.1, 0.15) is 59.9 Å². The summed E-state index contributed by atoms with van der Waals surface area (Å²) in [6.07, 6.45) is -0.660. The largest absolute Gasteiger partial charge is 0.411 e. The van der Waals surface area contributed by atoms with Crippen molar-refractivity contribution in [1.82, 2.24) is 4.72 Å². The Morgan fingerprint density at radius 1 is 1.07 bits per heavy atom. The second-order valence-corrected chi connectivity index (χ2v) is 16.5. The van der Waals surface area contributed by atoms with E-state index in [1.807, 2.05) is 6.92 Å². The summed E-state index contributed by atoms with van der Waals surface area (Å²) in [6, 6.07) is 6.21. The Hall–Kier alpha value is -0.773. The smallest absolute Gasteiger partial charge is 0.240 e. The highest BCUT2D eigenvalue weighted by Crippen LogP contribution is 2.44. The Bertz CT molecular complexity index is 757. The van der Waals surface area contributed by atoms with Gasteiger partial charge >= 0.3 is 0 Å². The number of aliphatic hydroxyl groups excluding tert-OH is 1. The third-order valence-electron chi connectivity index (χ3n) is 6.32. The molecule has 0 spiro atoms. The van der Waals surface area contributed by atoms with Gasteiger partial charge < -0.3 is 14.3 Å². The van der Waals surface area contributed by atoms with E-state index in [0.717, 1.165) is 5.56 Å². The van der Waals surface area contributed by atoms with Gasteiger partial charge in [-0.2, -0.15) is 0 Å². The maximum atomic E-state index is 13.1. The van der Waals surface area contributed by atoms with Gasteiger partial charge in [0.25, 0.3) is 0 Å². The average molecular weight is 458 g/mol. The predicted molar refractivity (Wildman–Crippen MR) is 122 cm³/mol. The molecule has 30 heavy (non-hydrogen) atoms. The van der Waals surface area contributed by atoms with Gasteiger partial charge in [0.15, 0.2) is 6.29 Å². The molecule has 0 aliphatic carbocycles. The number of sulfonamides is 1. The molecule has 172 valence electrons. The van der Waals surface area contributed by atoms with Crippen LogP contribution < -0.4 is 4.72 Å². The van der Waals surface area contributed by atoms with E-state index >= 15 is 0 Å². The molecule has 1 aliphatic rings. The summed E-state index contributed by atoms with van der Waals surface area (Å²) in [5.41, 5.74) is 2.12. The zero-order chi connectivity index (χ0) is 22.7. The van der Waals surface area contributed by atoms with Crippen molar-refractivity contribution in [3.63, 3.8) is 0 Å². The minimum atomic E-state index is -3.75. The Labute approximate surface area is 183 Å². The summed E-state index contributed by atoms with van der Waals surface area (Å²) in [7, 11) is -5.98. The molecule has 6 nitrogen and oxygen atoms in total. The van der Waals surface area contributed by atoms with Crippen molar-refractivity contribution in [3.05, 3.63) is 29.8 Å². The molecular weight excluding hydrogens is 418 g/mol. The number of aliphatic hydroxyl groups is 1. The molecule has 1 aromatic rings. The van der Waals surface area contributed by atoms with Crippen LogP contribution in [0.3, 0.4) is 0 Å². The van der Waals surface area contributed by atoms with E-state index in [4.69, 9.17) is 9.16 Å². The number of benzene rings is 1. The van der Waals surface area contributed by atoms with Gasteiger partial charge in [0.05, 0.1) is 23.6 Å². The van der Waals surface area contributed by atoms with Crippen LogP contribution in [0.2, 0.25) is 16.6 Å². The molecule has 1 saturated heterocycles. The third kappa shape index (κ3) is 5.72. The average Bonchev–Trinajstić information content (AvgIpc) is 2.79. The van der Waals surface area contributed by atoms with Crippen molar-refractivity contribution in [2.45, 2.75) is 101 Å². The van der Waals surface area contributed by atoms with Gasteiger partial charge in [-0.25, -0.2) is 13.1 Å². The number of aryl methyl sites for hydroxylation is 1. The first-order chi connectivity index (χ1) is 13.9. The van der Waals surface area contributed by atoms with Gasteiger partial charge in [-0.3, -0.25) is 0 Å². The van der Waals surface area contributed by atoms with Crippen molar-refractivity contribution < 1.29 is 22.7 Å². The zero-order valence-corrected chi connectivity index (χ0v) is 21.2. The number of hydrogen-bond donors (Lipinski definition) is 2. The second kappa shape index (κ2) is 10.2. The highest BCUT2D eigenvalue weighted by molar-refractivity contribution is 7.89. The number of hydrogen-bond acceptors (Lipinski definition) is 5. The van der Waals surface area contributed by atoms with E-state index in [0.29, 0.717) is 29.7 Å². The van der Waals surface area contributed by atoms with Crippen LogP contribution in [0.25, 0.3) is 0 Å². The molecule has 0 aromatic heterocycles. The van der Waals surface area contributed by atoms with Gasteiger partial charge in [-0.15, -0.1) is 0 Å². The zero-order valence-electron chi connectivity index (χ0n) is 19.4. The van der Waals surface area contributed by atoms with Crippen molar-refractivity contribution >= 4 is 18.3 Å². The summed E-state index contributed by atoms with van der Waals surface area (Å²) in [5.74, 6) is 0. The molecular formula is C22H39NO5SSi. The Morgan fingerprint density at radius 2 is 1.60 bits per heavy atom. The molecule has 0 radical (unpaired) electrons. The van der Waals surface area contributed by atoms with Crippen LogP contribution in [0.15, 0.2) is 29.2 Å². The fourth-order valence-corrected chi connectivity index (χ4v) is 11.8. The lowest BCUT2D eigenvalue weighted by Crippen LogP contribution is -2.55. The fraction of sp³-hybridized carbons (Fsp3) is 0.727. The molecule has 1 heterocycles. The summed E-state index contributed by atoms with van der Waals surface area (Å²) >= 11 is 0. The van der Waals surface area contributed by atoms with E-state index in [9.17, 15) is 13.5 Å². The lowest BCUT2D eigenvalue weighted by molar-refractivity contribution is -0.0972. The fourth-order valence-electron chi connectivity index (χ4n) is 4.88. The van der Waals surface area contributed by atoms with Crippen LogP contribution in [-0.2, 0) is 19.2 Å². The molecule has 0 amide bonds. The molecule has 1 aliphatic heterocycles. The van der Waals surface area contributed by atoms with Crippen molar-refractivity contribution in [1.29, 1.82) is 0 Å². The molecule has 8 heteroatoms. The maximum absolute atomic E-state index is 13.1. The molecule has 0 saturated carbocycles. The number of rotatable bonds is 8. The predicted octanol–water partition coefficient (Wildman–Crippen LogP) is 4.33. The van der Waals surface area contributed by atoms with Gasteiger partial charge in [0, 0.05) is 6.42 Å². The molecule has 2 rings (SSSR count). The Kier molecular flexibility index (Phi) is 8.69. The van der Waals surface area contributed by atoms with Crippen molar-refractivity contribution in [2.24, 2.45) is 0 Å². The summed E-state index contributed by atoms with van der Waals surface area (Å²) < 4.78 is 41.3. The lowest BCUT2D eigenvalue weighted by atomic mass is 10.1. The first-order valence-electron chi connectivity index (χ1n) is 11.0. The first-order valence-corrected chi connectivity index (χ1v) is 14.6. The second-order valence-electron chi connectivity index (χ2n) is 9.36. The standard InChI is InChI=1S/C22H39NO5SSi/c1-15(2)30(16(3)4,17(5)6)28-21-12-13-27-22(24)14-20(21)23-29(25,26)19-10-8-18(7)9-11-19/h8-11,15-17,20-24H,12-14H2,1-7H3/t20-,21+,22?/m1/s1. The molecule has 3 atom stereocenters. The summed E-state index contributed by atoms with van der Waals surface area (Å²) in [6.45, 7) is 15.5. The minimum absolute atomic E-state index is 0.161. The molecule has 2 N–H and O–H groups in total. The van der Waals surface area contributed by atoms with Crippen molar-refractivity contribution in [3.8, 4) is 0 Å². The first kappa shape index (κ1) is 25.5. The highest BCUT2D eigenvalue weighted by atomic mass is 32.2. The SMILES string of the molecule is Cc1ccc(S(=O)(=O)N[C@@H]2CC(O)OCC[C@@H]2O[Si](C(C)C)(C(C)C)C(C)C)cc1. The quantitative estimate of drug-likeness (QED) is 0.568. The normalized spacial score (nSPS) is 23.9. The van der Waals surface area contributed by atoms with E-state index in [-0.39, 0.29) is 17.4 Å². The van der Waals surface area contributed by atoms with Gasteiger partial charge in [0.2, 0.25) is 18.3 Å². The number of nitrogens with one attached hydrogen (secondary N) is 1. The van der Waals surface area contributed by atoms with Crippen molar-refractivity contribution in [2.75, 3.05) is 6.61 Å². The Morgan fingerprint density at radius 3 is 2.10 bits per heavy atom. The summed E-state index contributed by atoms with van der Waals surface area (Å²) in [4.78, 5) is 0.214. The third-order valence-corrected chi connectivity index (χ3v) is 13.9. The van der Waals surface area contributed by atoms with Crippen LogP contribution in [-0.4, -0.2) is 46.9 Å². The highest BCUT2D eigenvalue weighted by Gasteiger charge is 2.48. The van der Waals surface area contributed by atoms with E-state index in [2.05, 4.69) is 46.3 Å². The molecule has 1 aromatic carbocycles. The summed E-state index contributed by atoms with van der Waals surface area (Å²) in [5, 5.41) is 10.2. The molecule has 0 bridgehead atoms. The van der Waals surface area contributed by atoms with E-state index < -0.39 is 30.7 Å². The minimum Gasteiger partial charge on any atom is -0.411 e.